The molecular formula is C15H18ClNO4. The predicted octanol–water partition coefficient (Wildman–Crippen LogP) is 3.26. The first-order valence-electron chi connectivity index (χ1n) is 6.70. The zero-order valence-electron chi connectivity index (χ0n) is 12.2. The molecule has 1 aliphatic heterocycles. The molecule has 1 heterocycles. The normalized spacial score (nSPS) is 18.1. The largest absolute Gasteiger partial charge is 0.479 e. The van der Waals surface area contributed by atoms with Crippen LogP contribution < -0.4 is 0 Å². The van der Waals surface area contributed by atoms with E-state index >= 15 is 0 Å². The maximum atomic E-state index is 12.2. The maximum Gasteiger partial charge on any atom is 0.411 e. The second-order valence-corrected chi connectivity index (χ2v) is 6.44. The third-order valence-corrected chi connectivity index (χ3v) is 3.43. The van der Waals surface area contributed by atoms with Crippen molar-refractivity contribution >= 4 is 23.7 Å². The number of carbonyl (C=O) groups excluding carboxylic acids is 1. The van der Waals surface area contributed by atoms with Crippen LogP contribution >= 0.6 is 11.6 Å². The van der Waals surface area contributed by atoms with Gasteiger partial charge in [0.25, 0.3) is 0 Å². The van der Waals surface area contributed by atoms with Crippen molar-refractivity contribution in [2.45, 2.75) is 38.8 Å². The van der Waals surface area contributed by atoms with Crippen molar-refractivity contribution in [2.75, 3.05) is 6.54 Å². The average molecular weight is 312 g/mol. The molecular weight excluding hydrogens is 294 g/mol. The van der Waals surface area contributed by atoms with Gasteiger partial charge < -0.3 is 9.84 Å². The Balaban J connectivity index is 2.35. The highest BCUT2D eigenvalue weighted by molar-refractivity contribution is 6.30. The number of benzene rings is 1. The molecule has 0 unspecified atom stereocenters. The second-order valence-electron chi connectivity index (χ2n) is 6.01. The molecule has 114 valence electrons. The van der Waals surface area contributed by atoms with E-state index < -0.39 is 23.7 Å². The van der Waals surface area contributed by atoms with Gasteiger partial charge in [0.1, 0.15) is 5.60 Å². The minimum Gasteiger partial charge on any atom is -0.479 e. The maximum absolute atomic E-state index is 12.2. The SMILES string of the molecule is CC(C)(C)OC(=O)N1CCc2cc(Cl)ccc2[C@@H]1C(=O)O. The van der Waals surface area contributed by atoms with E-state index in [0.717, 1.165) is 5.56 Å². The fourth-order valence-corrected chi connectivity index (χ4v) is 2.57. The minimum atomic E-state index is -1.08. The molecule has 21 heavy (non-hydrogen) atoms. The number of aliphatic carboxylic acids is 1. The molecule has 0 spiro atoms. The standard InChI is InChI=1S/C15H18ClNO4/c1-15(2,3)21-14(20)17-7-6-9-8-10(16)4-5-11(9)12(17)13(18)19/h4-5,8,12H,6-7H2,1-3H3,(H,18,19)/t12-/m1/s1. The van der Waals surface area contributed by atoms with E-state index in [1.807, 2.05) is 0 Å². The number of hydrogen-bond acceptors (Lipinski definition) is 3. The third-order valence-electron chi connectivity index (χ3n) is 3.20. The van der Waals surface area contributed by atoms with Crippen molar-refractivity contribution in [3.63, 3.8) is 0 Å². The minimum absolute atomic E-state index is 0.291. The van der Waals surface area contributed by atoms with E-state index in [1.54, 1.807) is 39.0 Å². The van der Waals surface area contributed by atoms with Crippen LogP contribution in [-0.4, -0.2) is 34.2 Å². The van der Waals surface area contributed by atoms with E-state index in [2.05, 4.69) is 0 Å². The van der Waals surface area contributed by atoms with Crippen molar-refractivity contribution in [3.8, 4) is 0 Å². The Morgan fingerprint density at radius 2 is 2.05 bits per heavy atom. The first-order chi connectivity index (χ1) is 9.69. The van der Waals surface area contributed by atoms with Crippen LogP contribution in [0.2, 0.25) is 5.02 Å². The van der Waals surface area contributed by atoms with Gasteiger partial charge in [0, 0.05) is 11.6 Å². The van der Waals surface area contributed by atoms with Crippen molar-refractivity contribution in [1.82, 2.24) is 4.90 Å². The van der Waals surface area contributed by atoms with Gasteiger partial charge in [-0.15, -0.1) is 0 Å². The fraction of sp³-hybridized carbons (Fsp3) is 0.467. The van der Waals surface area contributed by atoms with Gasteiger partial charge >= 0.3 is 12.1 Å². The molecule has 0 saturated carbocycles. The van der Waals surface area contributed by atoms with Gasteiger partial charge in [-0.1, -0.05) is 17.7 Å². The molecule has 1 aromatic rings. The third kappa shape index (κ3) is 3.47. The van der Waals surface area contributed by atoms with E-state index in [4.69, 9.17) is 16.3 Å². The first kappa shape index (κ1) is 15.6. The Morgan fingerprint density at radius 3 is 2.62 bits per heavy atom. The van der Waals surface area contributed by atoms with Crippen LogP contribution in [0.1, 0.15) is 37.9 Å². The molecule has 1 aliphatic rings. The molecule has 1 aromatic carbocycles. The summed E-state index contributed by atoms with van der Waals surface area (Å²) in [5.74, 6) is -1.08. The smallest absolute Gasteiger partial charge is 0.411 e. The number of halogens is 1. The van der Waals surface area contributed by atoms with Gasteiger partial charge in [-0.3, -0.25) is 4.90 Å². The molecule has 0 bridgehead atoms. The second kappa shape index (κ2) is 5.56. The van der Waals surface area contributed by atoms with Crippen molar-refractivity contribution in [1.29, 1.82) is 0 Å². The summed E-state index contributed by atoms with van der Waals surface area (Å²) < 4.78 is 5.29. The van der Waals surface area contributed by atoms with Crippen molar-refractivity contribution < 1.29 is 19.4 Å². The zero-order chi connectivity index (χ0) is 15.8. The summed E-state index contributed by atoms with van der Waals surface area (Å²) in [7, 11) is 0. The lowest BCUT2D eigenvalue weighted by Crippen LogP contribution is -2.45. The van der Waals surface area contributed by atoms with Crippen LogP contribution in [0.5, 0.6) is 0 Å². The number of nitrogens with zero attached hydrogens (tertiary/aromatic N) is 1. The number of carbonyl (C=O) groups is 2. The summed E-state index contributed by atoms with van der Waals surface area (Å²) in [6.07, 6.45) is -0.0608. The van der Waals surface area contributed by atoms with E-state index in [1.165, 1.54) is 4.90 Å². The predicted molar refractivity (Wildman–Crippen MR) is 78.5 cm³/mol. The number of fused-ring (bicyclic) bond motifs is 1. The van der Waals surface area contributed by atoms with E-state index in [9.17, 15) is 14.7 Å². The Bertz CT molecular complexity index is 580. The first-order valence-corrected chi connectivity index (χ1v) is 7.07. The van der Waals surface area contributed by atoms with Crippen LogP contribution in [0.25, 0.3) is 0 Å². The molecule has 0 fully saturated rings. The lowest BCUT2D eigenvalue weighted by Gasteiger charge is -2.35. The van der Waals surface area contributed by atoms with Gasteiger partial charge in [0.2, 0.25) is 0 Å². The lowest BCUT2D eigenvalue weighted by atomic mass is 9.93. The van der Waals surface area contributed by atoms with Crippen LogP contribution in [0, 0.1) is 0 Å². The van der Waals surface area contributed by atoms with Crippen molar-refractivity contribution in [2.24, 2.45) is 0 Å². The Morgan fingerprint density at radius 1 is 1.38 bits per heavy atom. The number of amides is 1. The van der Waals surface area contributed by atoms with Crippen LogP contribution in [0.3, 0.4) is 0 Å². The molecule has 2 rings (SSSR count). The zero-order valence-corrected chi connectivity index (χ0v) is 13.0. The molecule has 0 saturated heterocycles. The van der Waals surface area contributed by atoms with Gasteiger partial charge in [0.15, 0.2) is 6.04 Å². The van der Waals surface area contributed by atoms with Crippen molar-refractivity contribution in [3.05, 3.63) is 34.3 Å². The summed E-state index contributed by atoms with van der Waals surface area (Å²) in [4.78, 5) is 25.1. The highest BCUT2D eigenvalue weighted by atomic mass is 35.5. The molecule has 6 heteroatoms. The van der Waals surface area contributed by atoms with Crippen LogP contribution in [0.15, 0.2) is 18.2 Å². The molecule has 1 N–H and O–H groups in total. The van der Waals surface area contributed by atoms with E-state index in [0.29, 0.717) is 23.6 Å². The Labute approximate surface area is 128 Å². The summed E-state index contributed by atoms with van der Waals surface area (Å²) in [5, 5.41) is 10.0. The summed E-state index contributed by atoms with van der Waals surface area (Å²) in [5.41, 5.74) is 0.777. The molecule has 1 amide bonds. The number of ether oxygens (including phenoxy) is 1. The quantitative estimate of drug-likeness (QED) is 0.864. The molecule has 0 radical (unpaired) electrons. The summed E-state index contributed by atoms with van der Waals surface area (Å²) >= 11 is 5.94. The molecule has 1 atom stereocenters. The van der Waals surface area contributed by atoms with Gasteiger partial charge in [0.05, 0.1) is 0 Å². The van der Waals surface area contributed by atoms with Gasteiger partial charge in [-0.25, -0.2) is 9.59 Å². The monoisotopic (exact) mass is 311 g/mol. The molecule has 0 aliphatic carbocycles. The Hall–Kier alpha value is -1.75. The Kier molecular flexibility index (Phi) is 4.14. The van der Waals surface area contributed by atoms with E-state index in [-0.39, 0.29) is 0 Å². The molecule has 5 nitrogen and oxygen atoms in total. The topological polar surface area (TPSA) is 66.8 Å². The summed E-state index contributed by atoms with van der Waals surface area (Å²) in [6, 6.07) is 4.00. The highest BCUT2D eigenvalue weighted by Crippen LogP contribution is 2.32. The number of carboxylic acid groups (broad SMARTS) is 1. The molecule has 0 aromatic heterocycles. The van der Waals surface area contributed by atoms with Gasteiger partial charge in [-0.05, 0) is 50.5 Å². The number of hydrogen-bond donors (Lipinski definition) is 1. The highest BCUT2D eigenvalue weighted by Gasteiger charge is 2.38. The number of carboxylic acids is 1. The summed E-state index contributed by atoms with van der Waals surface area (Å²) in [6.45, 7) is 5.54. The van der Waals surface area contributed by atoms with Crippen LogP contribution in [0.4, 0.5) is 4.79 Å². The van der Waals surface area contributed by atoms with Gasteiger partial charge in [-0.2, -0.15) is 0 Å². The fourth-order valence-electron chi connectivity index (χ4n) is 2.38. The average Bonchev–Trinajstić information content (AvgIpc) is 2.34. The lowest BCUT2D eigenvalue weighted by molar-refractivity contribution is -0.143. The number of rotatable bonds is 1. The van der Waals surface area contributed by atoms with Crippen LogP contribution in [-0.2, 0) is 16.0 Å².